The molecule has 0 unspecified atom stereocenters. The van der Waals surface area contributed by atoms with Gasteiger partial charge in [-0.15, -0.1) is 0 Å². The number of halogens is 1. The van der Waals surface area contributed by atoms with Gasteiger partial charge in [-0.25, -0.2) is 9.80 Å². The van der Waals surface area contributed by atoms with Gasteiger partial charge in [-0.2, -0.15) is 5.10 Å². The van der Waals surface area contributed by atoms with Gasteiger partial charge in [-0.05, 0) is 36.2 Å². The lowest BCUT2D eigenvalue weighted by atomic mass is 10.0. The molecule has 0 radical (unpaired) electrons. The number of carbonyl (C=O) groups is 2. The molecule has 0 spiro atoms. The summed E-state index contributed by atoms with van der Waals surface area (Å²) in [4.78, 5) is 24.2. The summed E-state index contributed by atoms with van der Waals surface area (Å²) in [5.74, 6) is -0.354. The molecule has 1 atom stereocenters. The highest BCUT2D eigenvalue weighted by Crippen LogP contribution is 2.33. The Bertz CT molecular complexity index is 857. The van der Waals surface area contributed by atoms with Crippen LogP contribution in [0.2, 0.25) is 5.02 Å². The highest BCUT2D eigenvalue weighted by atomic mass is 35.5. The second kappa shape index (κ2) is 8.68. The molecule has 27 heavy (non-hydrogen) atoms. The highest BCUT2D eigenvalue weighted by molar-refractivity contribution is 6.30. The quantitative estimate of drug-likeness (QED) is 0.553. The Morgan fingerprint density at radius 2 is 2.11 bits per heavy atom. The molecule has 1 aromatic carbocycles. The van der Waals surface area contributed by atoms with E-state index in [2.05, 4.69) is 5.10 Å². The average molecular weight is 387 g/mol. The van der Waals surface area contributed by atoms with Crippen LogP contribution in [0.25, 0.3) is 0 Å². The smallest absolute Gasteiger partial charge is 0.330 e. The lowest BCUT2D eigenvalue weighted by molar-refractivity contribution is -0.149. The first kappa shape index (κ1) is 18.9. The number of nitrogens with zero attached hydrogens (tertiary/aromatic N) is 2. The van der Waals surface area contributed by atoms with Crippen LogP contribution in [0.3, 0.4) is 0 Å². The van der Waals surface area contributed by atoms with Crippen LogP contribution in [0.4, 0.5) is 0 Å². The molecule has 0 saturated carbocycles. The minimum Gasteiger partial charge on any atom is -0.467 e. The van der Waals surface area contributed by atoms with E-state index in [0.29, 0.717) is 23.6 Å². The van der Waals surface area contributed by atoms with Crippen LogP contribution < -0.4 is 0 Å². The molecule has 0 bridgehead atoms. The summed E-state index contributed by atoms with van der Waals surface area (Å²) in [5, 5.41) is 6.40. The fraction of sp³-hybridized carbons (Fsp3) is 0.250. The normalized spacial score (nSPS) is 16.6. The first-order valence-corrected chi connectivity index (χ1v) is 8.98. The Hall–Kier alpha value is -2.86. The van der Waals surface area contributed by atoms with Crippen molar-refractivity contribution < 1.29 is 18.7 Å². The molecule has 2 aromatic rings. The second-order valence-corrected chi connectivity index (χ2v) is 6.38. The lowest BCUT2D eigenvalue weighted by Gasteiger charge is -2.19. The van der Waals surface area contributed by atoms with Gasteiger partial charge in [0.25, 0.3) is 5.91 Å². The number of esters is 1. The van der Waals surface area contributed by atoms with E-state index in [9.17, 15) is 9.59 Å². The molecule has 0 fully saturated rings. The van der Waals surface area contributed by atoms with Crippen LogP contribution >= 0.6 is 11.6 Å². The van der Waals surface area contributed by atoms with Crippen molar-refractivity contribution in [2.75, 3.05) is 6.61 Å². The standard InChI is InChI=1S/C20H19ClN2O4/c1-2-3-6-20(25)27-13-19(24)23-17(18-5-4-11-26-18)12-16(22-23)14-7-9-15(21)10-8-14/h3-11,17H,2,12-13H2,1H3/b6-3+/t17-/m1/s1. The summed E-state index contributed by atoms with van der Waals surface area (Å²) in [7, 11) is 0. The van der Waals surface area contributed by atoms with Crippen LogP contribution in [0.5, 0.6) is 0 Å². The highest BCUT2D eigenvalue weighted by Gasteiger charge is 2.35. The maximum absolute atomic E-state index is 12.6. The zero-order valence-corrected chi connectivity index (χ0v) is 15.6. The van der Waals surface area contributed by atoms with Crippen molar-refractivity contribution in [2.24, 2.45) is 5.10 Å². The zero-order chi connectivity index (χ0) is 19.2. The van der Waals surface area contributed by atoms with E-state index in [1.165, 1.54) is 11.1 Å². The number of benzene rings is 1. The molecule has 0 N–H and O–H groups in total. The third kappa shape index (κ3) is 4.65. The van der Waals surface area contributed by atoms with Crippen LogP contribution in [0, 0.1) is 0 Å². The molecule has 0 aliphatic carbocycles. The van der Waals surface area contributed by atoms with Crippen molar-refractivity contribution in [2.45, 2.75) is 25.8 Å². The van der Waals surface area contributed by atoms with Gasteiger partial charge in [0.1, 0.15) is 11.8 Å². The molecular formula is C20H19ClN2O4. The van der Waals surface area contributed by atoms with Crippen LogP contribution in [0.15, 0.2) is 64.3 Å². The van der Waals surface area contributed by atoms with Gasteiger partial charge in [0, 0.05) is 17.5 Å². The van der Waals surface area contributed by atoms with Gasteiger partial charge < -0.3 is 9.15 Å². The van der Waals surface area contributed by atoms with Gasteiger partial charge in [0.2, 0.25) is 0 Å². The molecular weight excluding hydrogens is 368 g/mol. The van der Waals surface area contributed by atoms with E-state index in [4.69, 9.17) is 20.8 Å². The minimum atomic E-state index is -0.555. The number of hydrogen-bond donors (Lipinski definition) is 0. The largest absolute Gasteiger partial charge is 0.467 e. The number of hydrogen-bond acceptors (Lipinski definition) is 5. The van der Waals surface area contributed by atoms with E-state index >= 15 is 0 Å². The lowest BCUT2D eigenvalue weighted by Crippen LogP contribution is -2.31. The predicted octanol–water partition coefficient (Wildman–Crippen LogP) is 4.12. The van der Waals surface area contributed by atoms with Gasteiger partial charge in [0.05, 0.1) is 12.0 Å². The maximum atomic E-state index is 12.6. The molecule has 3 rings (SSSR count). The van der Waals surface area contributed by atoms with Crippen molar-refractivity contribution in [1.29, 1.82) is 0 Å². The Kier molecular flexibility index (Phi) is 6.08. The number of furan rings is 1. The molecule has 1 amide bonds. The summed E-state index contributed by atoms with van der Waals surface area (Å²) >= 11 is 5.94. The minimum absolute atomic E-state index is 0.386. The average Bonchev–Trinajstić information content (AvgIpc) is 3.34. The third-order valence-electron chi connectivity index (χ3n) is 4.04. The first-order valence-electron chi connectivity index (χ1n) is 8.60. The van der Waals surface area contributed by atoms with Crippen LogP contribution in [-0.2, 0) is 14.3 Å². The van der Waals surface area contributed by atoms with E-state index in [0.717, 1.165) is 11.3 Å². The summed E-state index contributed by atoms with van der Waals surface area (Å²) in [6.45, 7) is 1.52. The van der Waals surface area contributed by atoms with Crippen molar-refractivity contribution >= 4 is 29.2 Å². The van der Waals surface area contributed by atoms with E-state index < -0.39 is 11.9 Å². The summed E-state index contributed by atoms with van der Waals surface area (Å²) < 4.78 is 10.5. The molecule has 1 aromatic heterocycles. The monoisotopic (exact) mass is 386 g/mol. The topological polar surface area (TPSA) is 72.1 Å². The molecule has 7 heteroatoms. The molecule has 140 valence electrons. The predicted molar refractivity (Wildman–Crippen MR) is 101 cm³/mol. The molecule has 6 nitrogen and oxygen atoms in total. The maximum Gasteiger partial charge on any atom is 0.330 e. The first-order chi connectivity index (χ1) is 13.1. The number of rotatable bonds is 6. The number of ether oxygens (including phenoxy) is 1. The van der Waals surface area contributed by atoms with Gasteiger partial charge in [0.15, 0.2) is 6.61 Å². The molecule has 1 aliphatic rings. The second-order valence-electron chi connectivity index (χ2n) is 5.95. The number of hydrazone groups is 1. The molecule has 1 aliphatic heterocycles. The van der Waals surface area contributed by atoms with Crippen LogP contribution in [0.1, 0.15) is 37.1 Å². The van der Waals surface area contributed by atoms with Crippen molar-refractivity contribution in [3.8, 4) is 0 Å². The Balaban J connectivity index is 1.77. The molecule has 2 heterocycles. The zero-order valence-electron chi connectivity index (χ0n) is 14.8. The van der Waals surface area contributed by atoms with E-state index in [1.54, 1.807) is 36.6 Å². The number of allylic oxidation sites excluding steroid dienone is 1. The fourth-order valence-corrected chi connectivity index (χ4v) is 2.85. The molecule has 0 saturated heterocycles. The third-order valence-corrected chi connectivity index (χ3v) is 4.29. The van der Waals surface area contributed by atoms with Crippen molar-refractivity contribution in [3.05, 3.63) is 71.2 Å². The Morgan fingerprint density at radius 3 is 2.78 bits per heavy atom. The van der Waals surface area contributed by atoms with Crippen molar-refractivity contribution in [3.63, 3.8) is 0 Å². The summed E-state index contributed by atoms with van der Waals surface area (Å²) in [5.41, 5.74) is 1.60. The fourth-order valence-electron chi connectivity index (χ4n) is 2.72. The Morgan fingerprint density at radius 1 is 1.33 bits per heavy atom. The summed E-state index contributed by atoms with van der Waals surface area (Å²) in [6.07, 6.45) is 5.73. The van der Waals surface area contributed by atoms with Gasteiger partial charge in [-0.3, -0.25) is 4.79 Å². The van der Waals surface area contributed by atoms with Crippen molar-refractivity contribution in [1.82, 2.24) is 5.01 Å². The number of amides is 1. The summed E-state index contributed by atoms with van der Waals surface area (Å²) in [6, 6.07) is 10.4. The number of carbonyl (C=O) groups excluding carboxylic acids is 2. The van der Waals surface area contributed by atoms with Gasteiger partial charge in [-0.1, -0.05) is 36.7 Å². The van der Waals surface area contributed by atoms with E-state index in [1.807, 2.05) is 19.1 Å². The van der Waals surface area contributed by atoms with Crippen LogP contribution in [-0.4, -0.2) is 29.2 Å². The van der Waals surface area contributed by atoms with E-state index in [-0.39, 0.29) is 12.6 Å². The van der Waals surface area contributed by atoms with Gasteiger partial charge >= 0.3 is 5.97 Å². The SMILES string of the molecule is CC/C=C/C(=O)OCC(=O)N1N=C(c2ccc(Cl)cc2)C[C@@H]1c1ccco1. The Labute approximate surface area is 162 Å².